The number of halogens is 5. The molecule has 0 heterocycles. The molecular formula is C10H9BrF4N2S. The Bertz CT molecular complexity index is 476. The summed E-state index contributed by atoms with van der Waals surface area (Å²) in [5.74, 6) is -0.827. The molecule has 0 spiro atoms. The molecule has 0 fully saturated rings. The van der Waals surface area contributed by atoms with Crippen LogP contribution in [0.1, 0.15) is 5.56 Å². The molecule has 0 aliphatic rings. The average Bonchev–Trinajstić information content (AvgIpc) is 2.18. The molecule has 0 radical (unpaired) electrons. The van der Waals surface area contributed by atoms with Gasteiger partial charge in [0.25, 0.3) is 0 Å². The van der Waals surface area contributed by atoms with Gasteiger partial charge in [-0.25, -0.2) is 4.39 Å². The zero-order chi connectivity index (χ0) is 14.1. The molecule has 0 saturated carbocycles. The van der Waals surface area contributed by atoms with E-state index in [1.807, 2.05) is 0 Å². The van der Waals surface area contributed by atoms with Crippen LogP contribution in [0.2, 0.25) is 0 Å². The van der Waals surface area contributed by atoms with Gasteiger partial charge >= 0.3 is 6.18 Å². The second kappa shape index (κ2) is 5.40. The minimum Gasteiger partial charge on any atom is -0.389 e. The first-order valence-electron chi connectivity index (χ1n) is 4.69. The number of thiocarbonyl (C=S) groups is 1. The summed E-state index contributed by atoms with van der Waals surface area (Å²) in [6, 6.07) is 2.58. The predicted molar refractivity (Wildman–Crippen MR) is 69.3 cm³/mol. The second-order valence-corrected chi connectivity index (χ2v) is 4.83. The summed E-state index contributed by atoms with van der Waals surface area (Å²) in [6.07, 6.45) is -4.41. The van der Waals surface area contributed by atoms with Crippen LogP contribution >= 0.6 is 28.1 Å². The van der Waals surface area contributed by atoms with E-state index < -0.39 is 18.5 Å². The van der Waals surface area contributed by atoms with Gasteiger partial charge < -0.3 is 10.6 Å². The topological polar surface area (TPSA) is 29.3 Å². The van der Waals surface area contributed by atoms with E-state index in [1.165, 1.54) is 12.1 Å². The van der Waals surface area contributed by atoms with Gasteiger partial charge in [-0.15, -0.1) is 0 Å². The van der Waals surface area contributed by atoms with Gasteiger partial charge in [0.2, 0.25) is 0 Å². The van der Waals surface area contributed by atoms with Gasteiger partial charge in [-0.3, -0.25) is 0 Å². The lowest BCUT2D eigenvalue weighted by molar-refractivity contribution is -0.119. The van der Waals surface area contributed by atoms with Gasteiger partial charge in [0.15, 0.2) is 5.82 Å². The molecule has 2 nitrogen and oxygen atoms in total. The highest BCUT2D eigenvalue weighted by molar-refractivity contribution is 9.10. The molecule has 1 aromatic rings. The van der Waals surface area contributed by atoms with Crippen LogP contribution in [0, 0.1) is 5.82 Å². The van der Waals surface area contributed by atoms with Gasteiger partial charge in [-0.2, -0.15) is 13.2 Å². The Labute approximate surface area is 115 Å². The largest absolute Gasteiger partial charge is 0.405 e. The van der Waals surface area contributed by atoms with E-state index in [9.17, 15) is 17.6 Å². The Morgan fingerprint density at radius 3 is 2.44 bits per heavy atom. The lowest BCUT2D eigenvalue weighted by Crippen LogP contribution is -2.31. The van der Waals surface area contributed by atoms with E-state index in [2.05, 4.69) is 15.9 Å². The molecule has 1 rings (SSSR count). The number of rotatable bonds is 3. The first-order valence-corrected chi connectivity index (χ1v) is 5.89. The highest BCUT2D eigenvalue weighted by Gasteiger charge is 2.30. The van der Waals surface area contributed by atoms with Crippen molar-refractivity contribution in [2.24, 2.45) is 5.73 Å². The number of benzene rings is 1. The van der Waals surface area contributed by atoms with Crippen LogP contribution in [0.15, 0.2) is 16.6 Å². The van der Waals surface area contributed by atoms with Crippen LogP contribution in [-0.4, -0.2) is 24.8 Å². The fourth-order valence-corrected chi connectivity index (χ4v) is 2.23. The van der Waals surface area contributed by atoms with Crippen LogP contribution in [0.5, 0.6) is 0 Å². The number of alkyl halides is 3. The summed E-state index contributed by atoms with van der Waals surface area (Å²) in [7, 11) is 1.15. The summed E-state index contributed by atoms with van der Waals surface area (Å²) in [4.78, 5) is 0.731. The molecule has 0 atom stereocenters. The minimum absolute atomic E-state index is 0.0363. The maximum Gasteiger partial charge on any atom is 0.405 e. The smallest absolute Gasteiger partial charge is 0.389 e. The molecule has 0 aliphatic carbocycles. The van der Waals surface area contributed by atoms with Gasteiger partial charge in [-0.05, 0) is 28.1 Å². The van der Waals surface area contributed by atoms with Gasteiger partial charge in [0.05, 0.1) is 10.2 Å². The summed E-state index contributed by atoms with van der Waals surface area (Å²) in [5.41, 5.74) is 5.41. The molecule has 1 aromatic carbocycles. The summed E-state index contributed by atoms with van der Waals surface area (Å²) >= 11 is 7.62. The molecule has 0 saturated heterocycles. The molecule has 0 aliphatic heterocycles. The van der Waals surface area contributed by atoms with Crippen LogP contribution in [0.25, 0.3) is 0 Å². The van der Waals surface area contributed by atoms with E-state index >= 15 is 0 Å². The van der Waals surface area contributed by atoms with Crippen molar-refractivity contribution in [3.63, 3.8) is 0 Å². The molecule has 2 N–H and O–H groups in total. The van der Waals surface area contributed by atoms with Crippen LogP contribution in [0.3, 0.4) is 0 Å². The van der Waals surface area contributed by atoms with Crippen molar-refractivity contribution in [1.82, 2.24) is 0 Å². The molecule has 0 bridgehead atoms. The maximum absolute atomic E-state index is 13.9. The standard InChI is InChI=1S/C10H9BrF4N2S/c1-17(4-10(13,14)15)6-3-2-5(9(16)18)7(11)8(6)12/h2-3H,4H2,1H3,(H2,16,18). The SMILES string of the molecule is CN(CC(F)(F)F)c1ccc(C(N)=S)c(Br)c1F. The Morgan fingerprint density at radius 2 is 2.00 bits per heavy atom. The number of nitrogens with two attached hydrogens (primary N) is 1. The first-order chi connectivity index (χ1) is 8.13. The summed E-state index contributed by atoms with van der Waals surface area (Å²) in [5, 5.41) is 0. The number of hydrogen-bond acceptors (Lipinski definition) is 2. The van der Waals surface area contributed by atoms with E-state index in [0.29, 0.717) is 0 Å². The molecule has 100 valence electrons. The lowest BCUT2D eigenvalue weighted by Gasteiger charge is -2.22. The molecule has 0 aromatic heterocycles. The lowest BCUT2D eigenvalue weighted by atomic mass is 10.2. The van der Waals surface area contributed by atoms with E-state index in [0.717, 1.165) is 11.9 Å². The average molecular weight is 345 g/mol. The zero-order valence-corrected chi connectivity index (χ0v) is 11.6. The van der Waals surface area contributed by atoms with Crippen LogP contribution in [0.4, 0.5) is 23.2 Å². The number of hydrogen-bond donors (Lipinski definition) is 1. The minimum atomic E-state index is -4.41. The predicted octanol–water partition coefficient (Wildman–Crippen LogP) is 3.22. The first kappa shape index (κ1) is 15.2. The molecular weight excluding hydrogens is 336 g/mol. The van der Waals surface area contributed by atoms with Crippen LogP contribution < -0.4 is 10.6 Å². The maximum atomic E-state index is 13.9. The summed E-state index contributed by atoms with van der Waals surface area (Å²) in [6.45, 7) is -1.25. The van der Waals surface area contributed by atoms with Crippen molar-refractivity contribution < 1.29 is 17.6 Å². The molecule has 18 heavy (non-hydrogen) atoms. The van der Waals surface area contributed by atoms with Crippen molar-refractivity contribution >= 4 is 38.8 Å². The Hall–Kier alpha value is -0.890. The van der Waals surface area contributed by atoms with E-state index in [-0.39, 0.29) is 20.7 Å². The Balaban J connectivity index is 3.13. The molecule has 8 heteroatoms. The Morgan fingerprint density at radius 1 is 1.44 bits per heavy atom. The third kappa shape index (κ3) is 3.55. The van der Waals surface area contributed by atoms with Gasteiger partial charge in [0, 0.05) is 12.6 Å². The Kier molecular flexibility index (Phi) is 4.55. The van der Waals surface area contributed by atoms with Gasteiger partial charge in [-0.1, -0.05) is 12.2 Å². The van der Waals surface area contributed by atoms with E-state index in [4.69, 9.17) is 18.0 Å². The molecule has 0 amide bonds. The quantitative estimate of drug-likeness (QED) is 0.674. The normalized spacial score (nSPS) is 11.4. The van der Waals surface area contributed by atoms with Crippen molar-refractivity contribution in [3.05, 3.63) is 28.0 Å². The van der Waals surface area contributed by atoms with Crippen molar-refractivity contribution in [2.75, 3.05) is 18.5 Å². The van der Waals surface area contributed by atoms with Crippen molar-refractivity contribution in [2.45, 2.75) is 6.18 Å². The highest BCUT2D eigenvalue weighted by atomic mass is 79.9. The second-order valence-electron chi connectivity index (χ2n) is 3.60. The van der Waals surface area contributed by atoms with Crippen molar-refractivity contribution in [3.8, 4) is 0 Å². The number of anilines is 1. The molecule has 0 unspecified atom stereocenters. The van der Waals surface area contributed by atoms with Crippen molar-refractivity contribution in [1.29, 1.82) is 0 Å². The zero-order valence-electron chi connectivity index (χ0n) is 9.18. The third-order valence-electron chi connectivity index (χ3n) is 2.16. The fourth-order valence-electron chi connectivity index (χ4n) is 1.38. The number of nitrogens with zero attached hydrogens (tertiary/aromatic N) is 1. The third-order valence-corrected chi connectivity index (χ3v) is 3.15. The fraction of sp³-hybridized carbons (Fsp3) is 0.300. The monoisotopic (exact) mass is 344 g/mol. The van der Waals surface area contributed by atoms with Crippen LogP contribution in [-0.2, 0) is 0 Å². The summed E-state index contributed by atoms with van der Waals surface area (Å²) < 4.78 is 50.5. The van der Waals surface area contributed by atoms with E-state index in [1.54, 1.807) is 0 Å². The highest BCUT2D eigenvalue weighted by Crippen LogP contribution is 2.30. The van der Waals surface area contributed by atoms with Gasteiger partial charge in [0.1, 0.15) is 11.5 Å².